The van der Waals surface area contributed by atoms with Crippen LogP contribution in [0, 0.1) is 5.92 Å². The van der Waals surface area contributed by atoms with E-state index in [2.05, 4.69) is 15.6 Å². The van der Waals surface area contributed by atoms with Gasteiger partial charge in [-0.1, -0.05) is 19.8 Å². The fraction of sp³-hybridized carbons (Fsp3) is 0.667. The Morgan fingerprint density at radius 3 is 2.29 bits per heavy atom. The Morgan fingerprint density at radius 2 is 1.76 bits per heavy atom. The van der Waals surface area contributed by atoms with Gasteiger partial charge in [0.15, 0.2) is 0 Å². The van der Waals surface area contributed by atoms with E-state index in [0.29, 0.717) is 18.9 Å². The average molecular weight is 301 g/mol. The summed E-state index contributed by atoms with van der Waals surface area (Å²) in [6.45, 7) is 3.23. The number of rotatable bonds is 8. The van der Waals surface area contributed by atoms with Crippen LogP contribution in [0.2, 0.25) is 0 Å². The molecule has 0 radical (unpaired) electrons. The molecule has 0 saturated heterocycles. The third-order valence-electron chi connectivity index (χ3n) is 3.50. The molecule has 0 spiro atoms. The first-order valence-electron chi connectivity index (χ1n) is 7.56. The molecular formula is C15H22F3N3. The van der Waals surface area contributed by atoms with Gasteiger partial charge in [-0.05, 0) is 37.3 Å². The summed E-state index contributed by atoms with van der Waals surface area (Å²) in [7, 11) is 0. The summed E-state index contributed by atoms with van der Waals surface area (Å²) in [5.74, 6) is 1.40. The summed E-state index contributed by atoms with van der Waals surface area (Å²) in [6.07, 6.45) is 1.20. The predicted octanol–water partition coefficient (Wildman–Crippen LogP) is 4.52. The van der Waals surface area contributed by atoms with Crippen LogP contribution in [0.25, 0.3) is 0 Å². The van der Waals surface area contributed by atoms with Crippen molar-refractivity contribution in [1.29, 1.82) is 0 Å². The smallest absolute Gasteiger partial charge is 0.370 e. The van der Waals surface area contributed by atoms with Crippen LogP contribution in [-0.4, -0.2) is 18.1 Å². The van der Waals surface area contributed by atoms with E-state index >= 15 is 0 Å². The first-order chi connectivity index (χ1) is 9.99. The molecule has 0 aromatic carbocycles. The average Bonchev–Trinajstić information content (AvgIpc) is 3.24. The first-order valence-corrected chi connectivity index (χ1v) is 7.56. The molecular weight excluding hydrogens is 279 g/mol. The number of nitrogens with one attached hydrogen (secondary N) is 2. The molecule has 2 rings (SSSR count). The highest BCUT2D eigenvalue weighted by Crippen LogP contribution is 2.34. The Balaban J connectivity index is 1.98. The number of hydrogen-bond acceptors (Lipinski definition) is 3. The summed E-state index contributed by atoms with van der Waals surface area (Å²) >= 11 is 0. The van der Waals surface area contributed by atoms with Crippen molar-refractivity contribution in [3.63, 3.8) is 0 Å². The van der Waals surface area contributed by atoms with E-state index in [1.54, 1.807) is 0 Å². The number of pyridine rings is 1. The topological polar surface area (TPSA) is 37.0 Å². The van der Waals surface area contributed by atoms with Crippen molar-refractivity contribution in [2.45, 2.75) is 45.2 Å². The molecule has 1 saturated carbocycles. The van der Waals surface area contributed by atoms with Crippen molar-refractivity contribution in [1.82, 2.24) is 4.98 Å². The van der Waals surface area contributed by atoms with E-state index in [1.807, 2.05) is 6.92 Å². The maximum Gasteiger partial charge on any atom is 0.416 e. The molecule has 0 amide bonds. The molecule has 0 bridgehead atoms. The number of aromatic nitrogens is 1. The largest absolute Gasteiger partial charge is 0.416 e. The molecule has 0 aliphatic heterocycles. The van der Waals surface area contributed by atoms with E-state index in [1.165, 1.54) is 12.8 Å². The van der Waals surface area contributed by atoms with Crippen molar-refractivity contribution < 1.29 is 13.2 Å². The fourth-order valence-electron chi connectivity index (χ4n) is 2.14. The van der Waals surface area contributed by atoms with Crippen molar-refractivity contribution >= 4 is 11.6 Å². The molecule has 6 heteroatoms. The molecule has 118 valence electrons. The van der Waals surface area contributed by atoms with Gasteiger partial charge in [0.25, 0.3) is 0 Å². The van der Waals surface area contributed by atoms with Gasteiger partial charge in [0.1, 0.15) is 11.6 Å². The van der Waals surface area contributed by atoms with E-state index < -0.39 is 11.7 Å². The summed E-state index contributed by atoms with van der Waals surface area (Å²) < 4.78 is 38.7. The Labute approximate surface area is 123 Å². The molecule has 1 aromatic heterocycles. The standard InChI is InChI=1S/C15H22F3N3/c1-2-7-19-13-9-12(15(16,17)18)10-14(21-13)20-8-3-4-11-5-6-11/h9-11H,2-8H2,1H3,(H2,19,20,21). The zero-order valence-electron chi connectivity index (χ0n) is 12.3. The minimum Gasteiger partial charge on any atom is -0.370 e. The van der Waals surface area contributed by atoms with Crippen molar-refractivity contribution in [3.8, 4) is 0 Å². The summed E-state index contributed by atoms with van der Waals surface area (Å²) in [5.41, 5.74) is -0.666. The zero-order valence-corrected chi connectivity index (χ0v) is 12.3. The van der Waals surface area contributed by atoms with E-state index in [9.17, 15) is 13.2 Å². The quantitative estimate of drug-likeness (QED) is 0.693. The molecule has 1 aromatic rings. The van der Waals surface area contributed by atoms with Crippen molar-refractivity contribution in [2.24, 2.45) is 5.92 Å². The maximum absolute atomic E-state index is 12.9. The lowest BCUT2D eigenvalue weighted by Crippen LogP contribution is -2.12. The van der Waals surface area contributed by atoms with E-state index in [-0.39, 0.29) is 5.82 Å². The number of nitrogens with zero attached hydrogens (tertiary/aromatic N) is 1. The van der Waals surface area contributed by atoms with Gasteiger partial charge in [-0.25, -0.2) is 4.98 Å². The Morgan fingerprint density at radius 1 is 1.14 bits per heavy atom. The van der Waals surface area contributed by atoms with Gasteiger partial charge in [-0.2, -0.15) is 13.2 Å². The summed E-state index contributed by atoms with van der Waals surface area (Å²) in [6, 6.07) is 2.14. The normalized spacial score (nSPS) is 15.0. The molecule has 1 fully saturated rings. The number of anilines is 2. The molecule has 1 aliphatic carbocycles. The minimum absolute atomic E-state index is 0.274. The Kier molecular flexibility index (Phi) is 5.31. The van der Waals surface area contributed by atoms with Gasteiger partial charge in [-0.15, -0.1) is 0 Å². The number of alkyl halides is 3. The van der Waals surface area contributed by atoms with Crippen molar-refractivity contribution in [3.05, 3.63) is 17.7 Å². The molecule has 0 atom stereocenters. The first kappa shape index (κ1) is 15.9. The SMILES string of the molecule is CCCNc1cc(C(F)(F)F)cc(NCCCC2CC2)n1. The van der Waals surface area contributed by atoms with Crippen molar-refractivity contribution in [2.75, 3.05) is 23.7 Å². The molecule has 1 heterocycles. The number of halogens is 3. The lowest BCUT2D eigenvalue weighted by molar-refractivity contribution is -0.137. The van der Waals surface area contributed by atoms with Crippen LogP contribution in [0.1, 0.15) is 44.6 Å². The van der Waals surface area contributed by atoms with Crippen LogP contribution in [-0.2, 0) is 6.18 Å². The third kappa shape index (κ3) is 5.44. The Bertz CT molecular complexity index is 456. The van der Waals surface area contributed by atoms with Gasteiger partial charge >= 0.3 is 6.18 Å². The van der Waals surface area contributed by atoms with E-state index in [4.69, 9.17) is 0 Å². The second-order valence-electron chi connectivity index (χ2n) is 5.56. The molecule has 21 heavy (non-hydrogen) atoms. The third-order valence-corrected chi connectivity index (χ3v) is 3.50. The highest BCUT2D eigenvalue weighted by atomic mass is 19.4. The van der Waals surface area contributed by atoms with Gasteiger partial charge in [0.05, 0.1) is 5.56 Å². The number of hydrogen-bond donors (Lipinski definition) is 2. The van der Waals surface area contributed by atoms with Crippen LogP contribution in [0.15, 0.2) is 12.1 Å². The minimum atomic E-state index is -4.35. The van der Waals surface area contributed by atoms with Gasteiger partial charge < -0.3 is 10.6 Å². The monoisotopic (exact) mass is 301 g/mol. The lowest BCUT2D eigenvalue weighted by atomic mass is 10.2. The highest BCUT2D eigenvalue weighted by molar-refractivity contribution is 5.49. The fourth-order valence-corrected chi connectivity index (χ4v) is 2.14. The van der Waals surface area contributed by atoms with Crippen LogP contribution in [0.3, 0.4) is 0 Å². The second kappa shape index (κ2) is 7.00. The van der Waals surface area contributed by atoms with Crippen LogP contribution in [0.5, 0.6) is 0 Å². The molecule has 2 N–H and O–H groups in total. The molecule has 3 nitrogen and oxygen atoms in total. The maximum atomic E-state index is 12.9. The second-order valence-corrected chi connectivity index (χ2v) is 5.56. The summed E-state index contributed by atoms with van der Waals surface area (Å²) in [4.78, 5) is 4.19. The van der Waals surface area contributed by atoms with Crippen LogP contribution in [0.4, 0.5) is 24.8 Å². The lowest BCUT2D eigenvalue weighted by Gasteiger charge is -2.13. The van der Waals surface area contributed by atoms with Crippen LogP contribution >= 0.6 is 0 Å². The van der Waals surface area contributed by atoms with Gasteiger partial charge in [0, 0.05) is 13.1 Å². The van der Waals surface area contributed by atoms with Crippen LogP contribution < -0.4 is 10.6 Å². The summed E-state index contributed by atoms with van der Waals surface area (Å²) in [5, 5.41) is 5.92. The highest BCUT2D eigenvalue weighted by Gasteiger charge is 2.31. The Hall–Kier alpha value is -1.46. The van der Waals surface area contributed by atoms with Gasteiger partial charge in [-0.3, -0.25) is 0 Å². The molecule has 1 aliphatic rings. The van der Waals surface area contributed by atoms with E-state index in [0.717, 1.165) is 37.3 Å². The predicted molar refractivity (Wildman–Crippen MR) is 78.5 cm³/mol. The zero-order chi connectivity index (χ0) is 15.3. The van der Waals surface area contributed by atoms with Gasteiger partial charge in [0.2, 0.25) is 0 Å². The molecule has 0 unspecified atom stereocenters.